The molecule has 32 heavy (non-hydrogen) atoms. The molecule has 0 atom stereocenters. The van der Waals surface area contributed by atoms with Gasteiger partial charge in [0.2, 0.25) is 0 Å². The molecule has 3 rings (SSSR count). The van der Waals surface area contributed by atoms with Gasteiger partial charge in [-0.15, -0.1) is 0 Å². The van der Waals surface area contributed by atoms with Gasteiger partial charge in [0.05, 0.1) is 19.8 Å². The molecule has 0 aliphatic rings. The van der Waals surface area contributed by atoms with Gasteiger partial charge in [0.15, 0.2) is 23.0 Å². The van der Waals surface area contributed by atoms with Crippen LogP contribution in [0.1, 0.15) is 19.4 Å². The SMILES string of the molecule is COc1cc(-c2ccc(F)c(C)c2)c(OC)c(O)c1-c1ccc(OCC=C(C)C)c(O)c1. The Labute approximate surface area is 187 Å². The van der Waals surface area contributed by atoms with Gasteiger partial charge in [0, 0.05) is 5.56 Å². The number of ether oxygens (including phenoxy) is 3. The number of hydrogen-bond acceptors (Lipinski definition) is 5. The molecule has 168 valence electrons. The van der Waals surface area contributed by atoms with E-state index in [4.69, 9.17) is 14.2 Å². The fraction of sp³-hybridized carbons (Fsp3) is 0.231. The molecule has 0 heterocycles. The zero-order chi connectivity index (χ0) is 23.4. The summed E-state index contributed by atoms with van der Waals surface area (Å²) in [6.45, 7) is 5.93. The van der Waals surface area contributed by atoms with Gasteiger partial charge in [-0.3, -0.25) is 0 Å². The molecule has 0 amide bonds. The van der Waals surface area contributed by atoms with Gasteiger partial charge in [-0.25, -0.2) is 4.39 Å². The first-order valence-corrected chi connectivity index (χ1v) is 10.1. The molecule has 0 spiro atoms. The summed E-state index contributed by atoms with van der Waals surface area (Å²) in [5, 5.41) is 21.5. The average Bonchev–Trinajstić information content (AvgIpc) is 2.75. The van der Waals surface area contributed by atoms with Crippen molar-refractivity contribution < 1.29 is 28.8 Å². The molecule has 0 aliphatic heterocycles. The maximum absolute atomic E-state index is 13.8. The van der Waals surface area contributed by atoms with E-state index >= 15 is 0 Å². The summed E-state index contributed by atoms with van der Waals surface area (Å²) >= 11 is 0. The number of aromatic hydroxyl groups is 2. The number of phenols is 2. The Balaban J connectivity index is 2.10. The Morgan fingerprint density at radius 1 is 0.938 bits per heavy atom. The Bertz CT molecular complexity index is 1160. The number of methoxy groups -OCH3 is 2. The minimum Gasteiger partial charge on any atom is -0.504 e. The second-order valence-corrected chi connectivity index (χ2v) is 7.62. The minimum absolute atomic E-state index is 0.0664. The Morgan fingerprint density at radius 2 is 1.66 bits per heavy atom. The molecule has 3 aromatic carbocycles. The molecular formula is C26H27FO5. The fourth-order valence-electron chi connectivity index (χ4n) is 3.39. The van der Waals surface area contributed by atoms with Gasteiger partial charge < -0.3 is 24.4 Å². The predicted octanol–water partition coefficient (Wildman–Crippen LogP) is 6.24. The zero-order valence-electron chi connectivity index (χ0n) is 18.8. The Kier molecular flexibility index (Phi) is 6.93. The van der Waals surface area contributed by atoms with Gasteiger partial charge in [-0.2, -0.15) is 0 Å². The normalized spacial score (nSPS) is 10.6. The highest BCUT2D eigenvalue weighted by molar-refractivity contribution is 5.88. The van der Waals surface area contributed by atoms with E-state index in [1.165, 1.54) is 26.4 Å². The molecule has 0 bridgehead atoms. The standard InChI is InChI=1S/C26H27FO5/c1-15(2)10-11-32-22-9-7-18(13-21(22)28)24-23(30-4)14-19(26(31-5)25(24)29)17-6-8-20(27)16(3)12-17/h6-10,12-14,28-29H,11H2,1-5H3. The molecule has 5 nitrogen and oxygen atoms in total. The van der Waals surface area contributed by atoms with Gasteiger partial charge in [0.25, 0.3) is 0 Å². The summed E-state index contributed by atoms with van der Waals surface area (Å²) < 4.78 is 30.4. The van der Waals surface area contributed by atoms with Crippen molar-refractivity contribution >= 4 is 0 Å². The van der Waals surface area contributed by atoms with Crippen LogP contribution < -0.4 is 14.2 Å². The van der Waals surface area contributed by atoms with E-state index in [-0.39, 0.29) is 23.1 Å². The van der Waals surface area contributed by atoms with Crippen LogP contribution in [0, 0.1) is 12.7 Å². The molecule has 0 saturated heterocycles. The number of hydrogen-bond donors (Lipinski definition) is 2. The maximum Gasteiger partial charge on any atom is 0.170 e. The van der Waals surface area contributed by atoms with Crippen molar-refractivity contribution in [3.05, 3.63) is 65.5 Å². The van der Waals surface area contributed by atoms with Crippen molar-refractivity contribution in [2.45, 2.75) is 20.8 Å². The number of halogens is 1. The molecular weight excluding hydrogens is 411 g/mol. The van der Waals surface area contributed by atoms with Crippen molar-refractivity contribution in [3.63, 3.8) is 0 Å². The van der Waals surface area contributed by atoms with E-state index in [1.54, 1.807) is 37.3 Å². The second kappa shape index (κ2) is 9.64. The van der Waals surface area contributed by atoms with Crippen LogP contribution in [0.3, 0.4) is 0 Å². The lowest BCUT2D eigenvalue weighted by molar-refractivity contribution is 0.335. The van der Waals surface area contributed by atoms with Crippen molar-refractivity contribution in [2.75, 3.05) is 20.8 Å². The van der Waals surface area contributed by atoms with E-state index in [0.717, 1.165) is 5.57 Å². The Hall–Kier alpha value is -3.67. The van der Waals surface area contributed by atoms with Gasteiger partial charge in [-0.1, -0.05) is 17.7 Å². The van der Waals surface area contributed by atoms with E-state index in [2.05, 4.69) is 0 Å². The predicted molar refractivity (Wildman–Crippen MR) is 123 cm³/mol. The van der Waals surface area contributed by atoms with E-state index in [1.807, 2.05) is 19.9 Å². The van der Waals surface area contributed by atoms with E-state index in [0.29, 0.717) is 45.9 Å². The topological polar surface area (TPSA) is 68.2 Å². The third-order valence-corrected chi connectivity index (χ3v) is 5.09. The highest BCUT2D eigenvalue weighted by Crippen LogP contribution is 2.50. The quantitative estimate of drug-likeness (QED) is 0.427. The Morgan fingerprint density at radius 3 is 2.25 bits per heavy atom. The minimum atomic E-state index is -0.317. The summed E-state index contributed by atoms with van der Waals surface area (Å²) in [5.41, 5.74) is 3.69. The van der Waals surface area contributed by atoms with Gasteiger partial charge >= 0.3 is 0 Å². The summed E-state index contributed by atoms with van der Waals surface area (Å²) in [4.78, 5) is 0. The largest absolute Gasteiger partial charge is 0.504 e. The van der Waals surface area contributed by atoms with Crippen LogP contribution in [0.2, 0.25) is 0 Å². The number of benzene rings is 3. The lowest BCUT2D eigenvalue weighted by Crippen LogP contribution is -1.97. The molecule has 0 unspecified atom stereocenters. The summed E-state index contributed by atoms with van der Waals surface area (Å²) in [6.07, 6.45) is 1.91. The number of allylic oxidation sites excluding steroid dienone is 1. The van der Waals surface area contributed by atoms with Crippen LogP contribution >= 0.6 is 0 Å². The first kappa shape index (κ1) is 23.0. The number of rotatable bonds is 7. The van der Waals surface area contributed by atoms with Crippen molar-refractivity contribution in [1.82, 2.24) is 0 Å². The molecule has 6 heteroatoms. The summed E-state index contributed by atoms with van der Waals surface area (Å²) in [6, 6.07) is 11.2. The highest BCUT2D eigenvalue weighted by atomic mass is 19.1. The molecule has 0 radical (unpaired) electrons. The zero-order valence-corrected chi connectivity index (χ0v) is 18.8. The van der Waals surface area contributed by atoms with E-state index in [9.17, 15) is 14.6 Å². The molecule has 3 aromatic rings. The van der Waals surface area contributed by atoms with Crippen LogP contribution in [0.25, 0.3) is 22.3 Å². The van der Waals surface area contributed by atoms with Crippen LogP contribution in [0.4, 0.5) is 4.39 Å². The summed E-state index contributed by atoms with van der Waals surface area (Å²) in [7, 11) is 2.93. The number of phenolic OH excluding ortho intramolecular Hbond substituents is 2. The second-order valence-electron chi connectivity index (χ2n) is 7.62. The average molecular weight is 438 g/mol. The fourth-order valence-corrected chi connectivity index (χ4v) is 3.39. The monoisotopic (exact) mass is 438 g/mol. The molecule has 2 N–H and O–H groups in total. The number of aryl methyl sites for hydroxylation is 1. The van der Waals surface area contributed by atoms with Crippen molar-refractivity contribution in [3.8, 4) is 51.0 Å². The smallest absolute Gasteiger partial charge is 0.170 e. The van der Waals surface area contributed by atoms with E-state index < -0.39 is 0 Å². The van der Waals surface area contributed by atoms with Crippen molar-refractivity contribution in [2.24, 2.45) is 0 Å². The molecule has 0 saturated carbocycles. The van der Waals surface area contributed by atoms with Crippen molar-refractivity contribution in [1.29, 1.82) is 0 Å². The van der Waals surface area contributed by atoms with Gasteiger partial charge in [0.1, 0.15) is 18.2 Å². The molecule has 0 aliphatic carbocycles. The van der Waals surface area contributed by atoms with Crippen LogP contribution in [0.15, 0.2) is 54.1 Å². The molecule has 0 fully saturated rings. The maximum atomic E-state index is 13.8. The third-order valence-electron chi connectivity index (χ3n) is 5.09. The lowest BCUT2D eigenvalue weighted by Gasteiger charge is -2.18. The van der Waals surface area contributed by atoms with Crippen LogP contribution in [-0.4, -0.2) is 31.0 Å². The third kappa shape index (κ3) is 4.64. The van der Waals surface area contributed by atoms with Crippen LogP contribution in [0.5, 0.6) is 28.7 Å². The first-order chi connectivity index (χ1) is 15.3. The first-order valence-electron chi connectivity index (χ1n) is 10.1. The summed E-state index contributed by atoms with van der Waals surface area (Å²) in [5.74, 6) is 0.385. The van der Waals surface area contributed by atoms with Gasteiger partial charge in [-0.05, 0) is 73.9 Å². The highest BCUT2D eigenvalue weighted by Gasteiger charge is 2.22. The van der Waals surface area contributed by atoms with Crippen LogP contribution in [-0.2, 0) is 0 Å². The lowest BCUT2D eigenvalue weighted by atomic mass is 9.95. The molecule has 0 aromatic heterocycles.